The first-order chi connectivity index (χ1) is 13.2. The molecule has 0 unspecified atom stereocenters. The van der Waals surface area contributed by atoms with Gasteiger partial charge in [-0.25, -0.2) is 0 Å². The maximum Gasteiger partial charge on any atom is 0.228 e. The van der Waals surface area contributed by atoms with Crippen molar-refractivity contribution in [3.63, 3.8) is 0 Å². The van der Waals surface area contributed by atoms with Crippen molar-refractivity contribution in [2.24, 2.45) is 5.92 Å². The van der Waals surface area contributed by atoms with Crippen molar-refractivity contribution in [2.75, 3.05) is 19.6 Å². The van der Waals surface area contributed by atoms with Crippen molar-refractivity contribution >= 4 is 11.8 Å². The van der Waals surface area contributed by atoms with Crippen LogP contribution in [0.25, 0.3) is 11.4 Å². The molecule has 1 saturated carbocycles. The highest BCUT2D eigenvalue weighted by Crippen LogP contribution is 2.33. The molecule has 1 aromatic carbocycles. The van der Waals surface area contributed by atoms with Gasteiger partial charge in [0.15, 0.2) is 5.82 Å². The number of hydrogen-bond acceptors (Lipinski definition) is 4. The second-order valence-electron chi connectivity index (χ2n) is 7.71. The first-order valence-corrected chi connectivity index (χ1v) is 9.76. The number of rotatable bonds is 3. The van der Waals surface area contributed by atoms with Gasteiger partial charge in [-0.1, -0.05) is 30.3 Å². The van der Waals surface area contributed by atoms with Crippen LogP contribution in [0.2, 0.25) is 0 Å². The molecule has 0 bridgehead atoms. The fraction of sp³-hybridized carbons (Fsp3) is 0.500. The van der Waals surface area contributed by atoms with Crippen molar-refractivity contribution in [1.29, 1.82) is 0 Å². The molecular formula is C20H23N5O2. The van der Waals surface area contributed by atoms with Gasteiger partial charge in [-0.15, -0.1) is 10.2 Å². The third kappa shape index (κ3) is 3.01. The summed E-state index contributed by atoms with van der Waals surface area (Å²) < 4.78 is 2.12. The number of carbonyl (C=O) groups excluding carboxylic acids is 2. The molecule has 2 aliphatic heterocycles. The van der Waals surface area contributed by atoms with Crippen molar-refractivity contribution in [1.82, 2.24) is 24.6 Å². The molecule has 1 saturated heterocycles. The largest absolute Gasteiger partial charge is 0.340 e. The third-order valence-electron chi connectivity index (χ3n) is 5.87. The summed E-state index contributed by atoms with van der Waals surface area (Å²) in [7, 11) is 0. The number of carbonyl (C=O) groups is 2. The van der Waals surface area contributed by atoms with Crippen LogP contribution in [0, 0.1) is 5.92 Å². The molecule has 3 heterocycles. The van der Waals surface area contributed by atoms with Gasteiger partial charge in [0.25, 0.3) is 0 Å². The quantitative estimate of drug-likeness (QED) is 0.823. The van der Waals surface area contributed by atoms with Crippen molar-refractivity contribution < 1.29 is 9.59 Å². The lowest BCUT2D eigenvalue weighted by Crippen LogP contribution is -2.39. The van der Waals surface area contributed by atoms with Gasteiger partial charge in [-0.2, -0.15) is 0 Å². The molecule has 2 aromatic rings. The Morgan fingerprint density at radius 1 is 1.04 bits per heavy atom. The van der Waals surface area contributed by atoms with Crippen LogP contribution in [0.5, 0.6) is 0 Å². The lowest BCUT2D eigenvalue weighted by atomic mass is 10.1. The lowest BCUT2D eigenvalue weighted by molar-refractivity contribution is -0.135. The Hall–Kier alpha value is -2.70. The third-order valence-corrected chi connectivity index (χ3v) is 5.87. The summed E-state index contributed by atoms with van der Waals surface area (Å²) in [6.07, 6.45) is 3.24. The number of hydrogen-bond donors (Lipinski definition) is 0. The smallest absolute Gasteiger partial charge is 0.228 e. The van der Waals surface area contributed by atoms with E-state index in [1.807, 2.05) is 40.1 Å². The summed E-state index contributed by atoms with van der Waals surface area (Å²) in [5.41, 5.74) is 1.04. The minimum atomic E-state index is -0.185. The zero-order chi connectivity index (χ0) is 18.4. The molecule has 0 spiro atoms. The van der Waals surface area contributed by atoms with Crippen LogP contribution in [0.4, 0.5) is 0 Å². The number of amides is 2. The minimum Gasteiger partial charge on any atom is -0.340 e. The van der Waals surface area contributed by atoms with E-state index < -0.39 is 0 Å². The van der Waals surface area contributed by atoms with Gasteiger partial charge in [0, 0.05) is 50.6 Å². The molecule has 3 aliphatic rings. The Kier molecular flexibility index (Phi) is 3.95. The van der Waals surface area contributed by atoms with Gasteiger partial charge < -0.3 is 14.4 Å². The number of likely N-dealkylation sites (tertiary alicyclic amines) is 1. The first kappa shape index (κ1) is 16.5. The highest BCUT2D eigenvalue weighted by Gasteiger charge is 2.43. The molecule has 1 aromatic heterocycles. The zero-order valence-corrected chi connectivity index (χ0v) is 15.3. The Morgan fingerprint density at radius 2 is 1.85 bits per heavy atom. The van der Waals surface area contributed by atoms with Crippen LogP contribution in [-0.4, -0.2) is 62.1 Å². The van der Waals surface area contributed by atoms with E-state index >= 15 is 0 Å². The molecule has 27 heavy (non-hydrogen) atoms. The normalized spacial score (nSPS) is 22.7. The van der Waals surface area contributed by atoms with Crippen LogP contribution in [0.15, 0.2) is 30.3 Å². The van der Waals surface area contributed by atoms with Crippen LogP contribution in [0.1, 0.15) is 25.1 Å². The van der Waals surface area contributed by atoms with Gasteiger partial charge >= 0.3 is 0 Å². The Labute approximate surface area is 158 Å². The van der Waals surface area contributed by atoms with E-state index in [0.29, 0.717) is 45.1 Å². The van der Waals surface area contributed by atoms with Crippen LogP contribution < -0.4 is 0 Å². The Morgan fingerprint density at radius 3 is 2.63 bits per heavy atom. The first-order valence-electron chi connectivity index (χ1n) is 9.76. The molecule has 5 rings (SSSR count). The Balaban J connectivity index is 1.30. The molecule has 7 nitrogen and oxygen atoms in total. The van der Waals surface area contributed by atoms with E-state index in [1.165, 1.54) is 0 Å². The second kappa shape index (κ2) is 6.48. The van der Waals surface area contributed by atoms with Gasteiger partial charge in [0.05, 0.1) is 5.92 Å². The van der Waals surface area contributed by atoms with Crippen molar-refractivity contribution in [3.05, 3.63) is 36.2 Å². The van der Waals surface area contributed by atoms with Gasteiger partial charge in [0.1, 0.15) is 5.82 Å². The molecule has 1 atom stereocenters. The predicted molar refractivity (Wildman–Crippen MR) is 98.6 cm³/mol. The van der Waals surface area contributed by atoms with Gasteiger partial charge in [-0.3, -0.25) is 9.59 Å². The van der Waals surface area contributed by atoms with E-state index in [0.717, 1.165) is 30.1 Å². The molecule has 140 valence electrons. The molecule has 1 aliphatic carbocycles. The molecule has 0 N–H and O–H groups in total. The summed E-state index contributed by atoms with van der Waals surface area (Å²) in [5.74, 6) is 1.86. The summed E-state index contributed by atoms with van der Waals surface area (Å²) in [5, 5.41) is 8.71. The summed E-state index contributed by atoms with van der Waals surface area (Å²) >= 11 is 0. The van der Waals surface area contributed by atoms with E-state index in [9.17, 15) is 9.59 Å². The van der Waals surface area contributed by atoms with E-state index in [2.05, 4.69) is 14.8 Å². The minimum absolute atomic E-state index is 0.117. The molecule has 7 heteroatoms. The van der Waals surface area contributed by atoms with Crippen LogP contribution in [-0.2, 0) is 22.6 Å². The topological polar surface area (TPSA) is 71.3 Å². The lowest BCUT2D eigenvalue weighted by Gasteiger charge is -2.23. The average Bonchev–Trinajstić information content (AvgIpc) is 3.40. The molecular weight excluding hydrogens is 342 g/mol. The van der Waals surface area contributed by atoms with Crippen molar-refractivity contribution in [3.8, 4) is 11.4 Å². The average molecular weight is 365 g/mol. The van der Waals surface area contributed by atoms with Crippen LogP contribution in [0.3, 0.4) is 0 Å². The zero-order valence-electron chi connectivity index (χ0n) is 15.3. The molecule has 0 radical (unpaired) electrons. The predicted octanol–water partition coefficient (Wildman–Crippen LogP) is 1.34. The summed E-state index contributed by atoms with van der Waals surface area (Å²) in [4.78, 5) is 29.0. The molecule has 2 amide bonds. The maximum absolute atomic E-state index is 13.0. The van der Waals surface area contributed by atoms with E-state index in [-0.39, 0.29) is 17.7 Å². The van der Waals surface area contributed by atoms with Crippen molar-refractivity contribution in [2.45, 2.75) is 38.3 Å². The van der Waals surface area contributed by atoms with Gasteiger partial charge in [0.2, 0.25) is 11.8 Å². The number of benzene rings is 1. The van der Waals surface area contributed by atoms with E-state index in [1.54, 1.807) is 0 Å². The summed E-state index contributed by atoms with van der Waals surface area (Å²) in [6.45, 7) is 2.56. The highest BCUT2D eigenvalue weighted by atomic mass is 16.2. The summed E-state index contributed by atoms with van der Waals surface area (Å²) in [6, 6.07) is 10.4. The number of aromatic nitrogens is 3. The fourth-order valence-electron chi connectivity index (χ4n) is 4.24. The highest BCUT2D eigenvalue weighted by molar-refractivity contribution is 5.89. The van der Waals surface area contributed by atoms with E-state index in [4.69, 9.17) is 0 Å². The van der Waals surface area contributed by atoms with Gasteiger partial charge in [-0.05, 0) is 12.8 Å². The Bertz CT molecular complexity index is 874. The fourth-order valence-corrected chi connectivity index (χ4v) is 4.24. The standard InChI is InChI=1S/C20H23N5O2/c26-18-12-15(13-25(18)16-6-7-16)20(27)23-9-8-17-21-22-19(24(17)11-10-23)14-4-2-1-3-5-14/h1-5,15-16H,6-13H2/t15-/m1/s1. The maximum atomic E-state index is 13.0. The molecule has 2 fully saturated rings. The second-order valence-corrected chi connectivity index (χ2v) is 7.71. The monoisotopic (exact) mass is 365 g/mol. The number of fused-ring (bicyclic) bond motifs is 1. The SMILES string of the molecule is O=C([C@@H]1CC(=O)N(C2CC2)C1)N1CCc2nnc(-c3ccccc3)n2CC1. The number of nitrogens with zero attached hydrogens (tertiary/aromatic N) is 5. The van der Waals surface area contributed by atoms with Crippen LogP contribution >= 0.6 is 0 Å².